The van der Waals surface area contributed by atoms with E-state index in [1.54, 1.807) is 23.9 Å². The predicted octanol–water partition coefficient (Wildman–Crippen LogP) is 2.64. The Kier molecular flexibility index (Phi) is 4.80. The summed E-state index contributed by atoms with van der Waals surface area (Å²) < 4.78 is 14.0. The second-order valence-electron chi connectivity index (χ2n) is 4.51. The summed E-state index contributed by atoms with van der Waals surface area (Å²) in [4.78, 5) is 11.4. The van der Waals surface area contributed by atoms with Crippen LogP contribution in [0, 0.1) is 0 Å². The third-order valence-electron chi connectivity index (χ3n) is 3.11. The molecule has 1 N–H and O–H groups in total. The highest BCUT2D eigenvalue weighted by Crippen LogP contribution is 2.24. The van der Waals surface area contributed by atoms with Crippen molar-refractivity contribution in [1.29, 1.82) is 0 Å². The van der Waals surface area contributed by atoms with Crippen molar-refractivity contribution in [1.82, 2.24) is 9.78 Å². The Morgan fingerprint density at radius 1 is 1.48 bits per heavy atom. The fourth-order valence-corrected chi connectivity index (χ4v) is 3.63. The van der Waals surface area contributed by atoms with Crippen LogP contribution in [0.4, 0.5) is 0 Å². The third kappa shape index (κ3) is 3.33. The summed E-state index contributed by atoms with van der Waals surface area (Å²) in [7, 11) is 0.376. The highest BCUT2D eigenvalue weighted by molar-refractivity contribution is 7.84. The van der Waals surface area contributed by atoms with Crippen LogP contribution in [-0.4, -0.2) is 25.1 Å². The number of rotatable bonds is 5. The van der Waals surface area contributed by atoms with Gasteiger partial charge < -0.3 is 5.11 Å². The molecule has 0 fully saturated rings. The first-order valence-corrected chi connectivity index (χ1v) is 8.05. The van der Waals surface area contributed by atoms with Crippen LogP contribution in [0.15, 0.2) is 29.2 Å². The number of carboxylic acid groups (broad SMARTS) is 1. The zero-order valence-electron chi connectivity index (χ0n) is 11.7. The van der Waals surface area contributed by atoms with Crippen molar-refractivity contribution >= 4 is 28.4 Å². The van der Waals surface area contributed by atoms with Crippen molar-refractivity contribution in [2.75, 3.05) is 0 Å². The van der Waals surface area contributed by atoms with E-state index in [1.165, 1.54) is 12.1 Å². The topological polar surface area (TPSA) is 72.2 Å². The number of carboxylic acids is 1. The molecule has 0 saturated heterocycles. The summed E-state index contributed by atoms with van der Waals surface area (Å²) >= 11 is 6.23. The van der Waals surface area contributed by atoms with Crippen molar-refractivity contribution < 1.29 is 14.1 Å². The SMILES string of the molecule is CCc1nn(C)c(CS(=O)c2cccc(C(=O)O)c2)c1Cl. The van der Waals surface area contributed by atoms with Crippen LogP contribution in [0.25, 0.3) is 0 Å². The van der Waals surface area contributed by atoms with Crippen LogP contribution >= 0.6 is 11.6 Å². The zero-order valence-corrected chi connectivity index (χ0v) is 13.2. The minimum atomic E-state index is -1.38. The highest BCUT2D eigenvalue weighted by Gasteiger charge is 2.17. The Balaban J connectivity index is 2.28. The normalized spacial score (nSPS) is 12.3. The molecule has 1 atom stereocenters. The van der Waals surface area contributed by atoms with Crippen molar-refractivity contribution in [2.24, 2.45) is 7.05 Å². The molecule has 0 radical (unpaired) electrons. The molecule has 1 aromatic carbocycles. The highest BCUT2D eigenvalue weighted by atomic mass is 35.5. The number of aromatic nitrogens is 2. The Morgan fingerprint density at radius 3 is 2.76 bits per heavy atom. The average Bonchev–Trinajstić information content (AvgIpc) is 2.74. The molecular formula is C14H15ClN2O3S. The summed E-state index contributed by atoms with van der Waals surface area (Å²) in [6.07, 6.45) is 0.702. The third-order valence-corrected chi connectivity index (χ3v) is 4.87. The first-order chi connectivity index (χ1) is 9.93. The van der Waals surface area contributed by atoms with Crippen molar-refractivity contribution in [3.8, 4) is 0 Å². The molecule has 0 saturated carbocycles. The summed E-state index contributed by atoms with van der Waals surface area (Å²) in [6, 6.07) is 6.12. The minimum absolute atomic E-state index is 0.117. The molecule has 0 spiro atoms. The van der Waals surface area contributed by atoms with Gasteiger partial charge in [-0.3, -0.25) is 8.89 Å². The van der Waals surface area contributed by atoms with Gasteiger partial charge in [0.1, 0.15) is 0 Å². The number of hydrogen-bond donors (Lipinski definition) is 1. The quantitative estimate of drug-likeness (QED) is 0.916. The van der Waals surface area contributed by atoms with Crippen LogP contribution in [0.5, 0.6) is 0 Å². The molecule has 112 valence electrons. The zero-order chi connectivity index (χ0) is 15.6. The lowest BCUT2D eigenvalue weighted by Gasteiger charge is -2.05. The van der Waals surface area contributed by atoms with Crippen molar-refractivity contribution in [3.63, 3.8) is 0 Å². The predicted molar refractivity (Wildman–Crippen MR) is 81.1 cm³/mol. The summed E-state index contributed by atoms with van der Waals surface area (Å²) in [6.45, 7) is 1.95. The molecule has 0 aliphatic rings. The molecule has 1 heterocycles. The number of benzene rings is 1. The van der Waals surface area contributed by atoms with E-state index in [0.29, 0.717) is 22.0 Å². The van der Waals surface area contributed by atoms with Gasteiger partial charge in [0.25, 0.3) is 0 Å². The monoisotopic (exact) mass is 326 g/mol. The fraction of sp³-hybridized carbons (Fsp3) is 0.286. The fourth-order valence-electron chi connectivity index (χ4n) is 1.95. The summed E-state index contributed by atoms with van der Waals surface area (Å²) in [5.41, 5.74) is 1.57. The molecule has 0 bridgehead atoms. The molecule has 0 aliphatic carbocycles. The standard InChI is InChI=1S/C14H15ClN2O3S/c1-3-11-13(15)12(17(2)16-11)8-21(20)10-6-4-5-9(7-10)14(18)19/h4-7H,3,8H2,1-2H3,(H,18,19). The van der Waals surface area contributed by atoms with E-state index in [4.69, 9.17) is 16.7 Å². The minimum Gasteiger partial charge on any atom is -0.478 e. The van der Waals surface area contributed by atoms with Gasteiger partial charge in [-0.25, -0.2) is 4.79 Å². The largest absolute Gasteiger partial charge is 0.478 e. The lowest BCUT2D eigenvalue weighted by Crippen LogP contribution is -2.05. The number of nitrogens with zero attached hydrogens (tertiary/aromatic N) is 2. The number of aryl methyl sites for hydroxylation is 2. The second kappa shape index (κ2) is 6.41. The van der Waals surface area contributed by atoms with Gasteiger partial charge in [0, 0.05) is 11.9 Å². The maximum Gasteiger partial charge on any atom is 0.335 e. The second-order valence-corrected chi connectivity index (χ2v) is 6.34. The van der Waals surface area contributed by atoms with Gasteiger partial charge in [-0.2, -0.15) is 5.10 Å². The molecule has 5 nitrogen and oxygen atoms in total. The first kappa shape index (κ1) is 15.7. The van der Waals surface area contributed by atoms with E-state index in [9.17, 15) is 9.00 Å². The Bertz CT molecular complexity index is 712. The summed E-state index contributed by atoms with van der Waals surface area (Å²) in [5.74, 6) is -0.841. The number of carbonyl (C=O) groups is 1. The molecule has 1 aromatic heterocycles. The lowest BCUT2D eigenvalue weighted by atomic mass is 10.2. The first-order valence-electron chi connectivity index (χ1n) is 6.36. The van der Waals surface area contributed by atoms with Gasteiger partial charge in [-0.15, -0.1) is 0 Å². The Hall–Kier alpha value is -1.66. The van der Waals surface area contributed by atoms with E-state index in [0.717, 1.165) is 5.69 Å². The van der Waals surface area contributed by atoms with E-state index in [1.807, 2.05) is 6.92 Å². The lowest BCUT2D eigenvalue weighted by molar-refractivity contribution is 0.0696. The van der Waals surface area contributed by atoms with E-state index in [2.05, 4.69) is 5.10 Å². The maximum atomic E-state index is 12.4. The van der Waals surface area contributed by atoms with Crippen LogP contribution in [0.2, 0.25) is 5.02 Å². The van der Waals surface area contributed by atoms with Gasteiger partial charge in [-0.1, -0.05) is 24.6 Å². The van der Waals surface area contributed by atoms with Crippen LogP contribution in [-0.2, 0) is 30.0 Å². The van der Waals surface area contributed by atoms with Gasteiger partial charge in [0.2, 0.25) is 0 Å². The van der Waals surface area contributed by atoms with E-state index < -0.39 is 16.8 Å². The van der Waals surface area contributed by atoms with Crippen molar-refractivity contribution in [3.05, 3.63) is 46.2 Å². The van der Waals surface area contributed by atoms with Gasteiger partial charge >= 0.3 is 5.97 Å². The van der Waals surface area contributed by atoms with Gasteiger partial charge in [-0.05, 0) is 24.6 Å². The number of aromatic carboxylic acids is 1. The van der Waals surface area contributed by atoms with Crippen LogP contribution in [0.1, 0.15) is 28.7 Å². The maximum absolute atomic E-state index is 12.4. The molecule has 2 aromatic rings. The smallest absolute Gasteiger partial charge is 0.335 e. The molecule has 7 heteroatoms. The van der Waals surface area contributed by atoms with Gasteiger partial charge in [0.15, 0.2) is 0 Å². The molecule has 0 aliphatic heterocycles. The van der Waals surface area contributed by atoms with E-state index in [-0.39, 0.29) is 11.3 Å². The Labute approximate surface area is 130 Å². The van der Waals surface area contributed by atoms with Crippen LogP contribution < -0.4 is 0 Å². The Morgan fingerprint density at radius 2 is 2.19 bits per heavy atom. The average molecular weight is 327 g/mol. The number of hydrogen-bond acceptors (Lipinski definition) is 3. The summed E-state index contributed by atoms with van der Waals surface area (Å²) in [5, 5.41) is 13.8. The van der Waals surface area contributed by atoms with Crippen LogP contribution in [0.3, 0.4) is 0 Å². The molecule has 0 amide bonds. The number of halogens is 1. The van der Waals surface area contributed by atoms with Crippen molar-refractivity contribution in [2.45, 2.75) is 24.0 Å². The molecule has 1 unspecified atom stereocenters. The van der Waals surface area contributed by atoms with E-state index >= 15 is 0 Å². The molecule has 2 rings (SSSR count). The molecular weight excluding hydrogens is 312 g/mol. The molecule has 21 heavy (non-hydrogen) atoms. The van der Waals surface area contributed by atoms with Gasteiger partial charge in [0.05, 0.1) is 38.5 Å².